The Bertz CT molecular complexity index is 1170. The summed E-state index contributed by atoms with van der Waals surface area (Å²) in [6.45, 7) is 4.55. The van der Waals surface area contributed by atoms with Gasteiger partial charge in [0.2, 0.25) is 0 Å². The molecule has 7 nitrogen and oxygen atoms in total. The molecule has 0 fully saturated rings. The van der Waals surface area contributed by atoms with Crippen LogP contribution in [-0.2, 0) is 6.18 Å². The van der Waals surface area contributed by atoms with Crippen LogP contribution in [0.5, 0.6) is 0 Å². The predicted octanol–water partition coefficient (Wildman–Crippen LogP) is 3.83. The van der Waals surface area contributed by atoms with Crippen LogP contribution in [0.4, 0.5) is 18.9 Å². The van der Waals surface area contributed by atoms with Gasteiger partial charge in [0.05, 0.1) is 27.8 Å². The first-order valence-corrected chi connectivity index (χ1v) is 8.56. The van der Waals surface area contributed by atoms with Gasteiger partial charge in [0.1, 0.15) is 11.5 Å². The zero-order valence-electron chi connectivity index (χ0n) is 15.7. The molecule has 1 atom stereocenters. The zero-order chi connectivity index (χ0) is 21.5. The van der Waals surface area contributed by atoms with Crippen molar-refractivity contribution < 1.29 is 23.1 Å². The third kappa shape index (κ3) is 4.05. The summed E-state index contributed by atoms with van der Waals surface area (Å²) < 4.78 is 41.0. The molecule has 3 N–H and O–H groups in total. The molecular weight excluding hydrogens is 389 g/mol. The lowest BCUT2D eigenvalue weighted by atomic mass is 9.98. The van der Waals surface area contributed by atoms with E-state index in [1.54, 1.807) is 6.92 Å². The van der Waals surface area contributed by atoms with E-state index in [0.717, 1.165) is 6.07 Å². The van der Waals surface area contributed by atoms with E-state index in [4.69, 9.17) is 5.11 Å². The van der Waals surface area contributed by atoms with Gasteiger partial charge in [0.25, 0.3) is 5.56 Å². The molecule has 0 radical (unpaired) electrons. The maximum atomic E-state index is 13.7. The third-order valence-electron chi connectivity index (χ3n) is 4.44. The number of aryl methyl sites for hydroxylation is 2. The van der Waals surface area contributed by atoms with Gasteiger partial charge in [-0.1, -0.05) is 0 Å². The van der Waals surface area contributed by atoms with Gasteiger partial charge in [0, 0.05) is 6.04 Å². The van der Waals surface area contributed by atoms with Crippen LogP contribution in [-0.4, -0.2) is 26.0 Å². The number of nitrogens with zero attached hydrogens (tertiary/aromatic N) is 2. The van der Waals surface area contributed by atoms with Gasteiger partial charge in [-0.3, -0.25) is 4.79 Å². The average Bonchev–Trinajstić information content (AvgIpc) is 2.61. The van der Waals surface area contributed by atoms with E-state index in [0.29, 0.717) is 11.4 Å². The van der Waals surface area contributed by atoms with Crippen LogP contribution in [0.3, 0.4) is 0 Å². The molecule has 2 aromatic heterocycles. The Kier molecular flexibility index (Phi) is 5.04. The number of benzene rings is 1. The van der Waals surface area contributed by atoms with Crippen LogP contribution in [0.15, 0.2) is 29.1 Å². The average molecular weight is 406 g/mol. The molecule has 0 unspecified atom stereocenters. The van der Waals surface area contributed by atoms with Crippen LogP contribution in [0.25, 0.3) is 10.9 Å². The number of carboxylic acid groups (broad SMARTS) is 1. The van der Waals surface area contributed by atoms with Crippen molar-refractivity contribution in [2.45, 2.75) is 33.0 Å². The minimum Gasteiger partial charge on any atom is -0.477 e. The lowest BCUT2D eigenvalue weighted by molar-refractivity contribution is -0.138. The van der Waals surface area contributed by atoms with Crippen LogP contribution in [0.1, 0.15) is 46.1 Å². The summed E-state index contributed by atoms with van der Waals surface area (Å²) in [7, 11) is 0. The lowest BCUT2D eigenvalue weighted by Crippen LogP contribution is -2.18. The number of carboxylic acids is 1. The molecule has 0 spiro atoms. The van der Waals surface area contributed by atoms with Gasteiger partial charge >= 0.3 is 12.1 Å². The summed E-state index contributed by atoms with van der Waals surface area (Å²) >= 11 is 0. The molecule has 0 amide bonds. The van der Waals surface area contributed by atoms with Gasteiger partial charge in [-0.05, 0) is 50.6 Å². The van der Waals surface area contributed by atoms with Crippen molar-refractivity contribution in [1.29, 1.82) is 0 Å². The molecule has 3 aromatic rings. The highest BCUT2D eigenvalue weighted by molar-refractivity contribution is 5.85. The van der Waals surface area contributed by atoms with Crippen LogP contribution >= 0.6 is 0 Å². The fraction of sp³-hybridized carbons (Fsp3) is 0.263. The number of nitrogens with one attached hydrogen (secondary N) is 2. The molecule has 3 rings (SSSR count). The number of aromatic carboxylic acids is 1. The molecule has 0 bridgehead atoms. The fourth-order valence-electron chi connectivity index (χ4n) is 3.07. The Balaban J connectivity index is 2.10. The van der Waals surface area contributed by atoms with Gasteiger partial charge in [-0.2, -0.15) is 13.2 Å². The maximum Gasteiger partial charge on any atom is 0.416 e. The molecule has 0 saturated heterocycles. The number of halogens is 3. The first-order chi connectivity index (χ1) is 13.5. The second kappa shape index (κ2) is 7.19. The Labute approximate surface area is 162 Å². The van der Waals surface area contributed by atoms with Crippen LogP contribution in [0.2, 0.25) is 0 Å². The molecule has 0 aliphatic carbocycles. The minimum atomic E-state index is -4.65. The number of hydrogen-bond acceptors (Lipinski definition) is 5. The van der Waals surface area contributed by atoms with Crippen molar-refractivity contribution >= 4 is 22.6 Å². The van der Waals surface area contributed by atoms with E-state index in [2.05, 4.69) is 20.3 Å². The van der Waals surface area contributed by atoms with E-state index in [1.807, 2.05) is 0 Å². The van der Waals surface area contributed by atoms with Crippen molar-refractivity contribution in [3.8, 4) is 0 Å². The maximum absolute atomic E-state index is 13.7. The van der Waals surface area contributed by atoms with Gasteiger partial charge in [0.15, 0.2) is 0 Å². The van der Waals surface area contributed by atoms with Crippen molar-refractivity contribution in [1.82, 2.24) is 15.0 Å². The van der Waals surface area contributed by atoms with E-state index in [9.17, 15) is 22.8 Å². The van der Waals surface area contributed by atoms with Crippen molar-refractivity contribution in [2.24, 2.45) is 0 Å². The second-order valence-electron chi connectivity index (χ2n) is 6.61. The molecule has 2 heterocycles. The summed E-state index contributed by atoms with van der Waals surface area (Å²) in [5.74, 6) is -0.988. The normalized spacial score (nSPS) is 12.8. The van der Waals surface area contributed by atoms with Crippen LogP contribution < -0.4 is 10.9 Å². The number of anilines is 1. The number of H-pyrrole nitrogens is 1. The Morgan fingerprint density at radius 3 is 2.48 bits per heavy atom. The number of alkyl halides is 3. The summed E-state index contributed by atoms with van der Waals surface area (Å²) in [6.07, 6.45) is -4.65. The quantitative estimate of drug-likeness (QED) is 0.608. The van der Waals surface area contributed by atoms with Crippen molar-refractivity contribution in [3.63, 3.8) is 0 Å². The molecule has 1 aromatic carbocycles. The Hall–Kier alpha value is -3.43. The van der Waals surface area contributed by atoms with E-state index in [-0.39, 0.29) is 28.0 Å². The number of aromatic nitrogens is 3. The molecule has 0 saturated carbocycles. The number of aromatic amines is 1. The molecule has 29 heavy (non-hydrogen) atoms. The van der Waals surface area contributed by atoms with Gasteiger partial charge in [-0.15, -0.1) is 0 Å². The van der Waals surface area contributed by atoms with E-state index < -0.39 is 29.3 Å². The molecule has 152 valence electrons. The zero-order valence-corrected chi connectivity index (χ0v) is 15.7. The van der Waals surface area contributed by atoms with Crippen LogP contribution in [0, 0.1) is 13.8 Å². The second-order valence-corrected chi connectivity index (χ2v) is 6.61. The summed E-state index contributed by atoms with van der Waals surface area (Å²) in [5, 5.41) is 11.9. The van der Waals surface area contributed by atoms with Gasteiger partial charge in [-0.25, -0.2) is 14.8 Å². The number of fused-ring (bicyclic) bond motifs is 1. The summed E-state index contributed by atoms with van der Waals surface area (Å²) in [4.78, 5) is 33.6. The summed E-state index contributed by atoms with van der Waals surface area (Å²) in [6, 6.07) is 3.88. The third-order valence-corrected chi connectivity index (χ3v) is 4.44. The van der Waals surface area contributed by atoms with Gasteiger partial charge < -0.3 is 15.4 Å². The minimum absolute atomic E-state index is 0.0433. The number of pyridine rings is 1. The number of carbonyl (C=O) groups is 1. The Morgan fingerprint density at radius 1 is 1.21 bits per heavy atom. The SMILES string of the molecule is Cc1nc2cc(C(F)(F)F)c([C@H](C)Nc3ccc(C(=O)O)nc3C)cc2c(=O)[nH]1. The van der Waals surface area contributed by atoms with E-state index >= 15 is 0 Å². The Morgan fingerprint density at radius 2 is 1.90 bits per heavy atom. The largest absolute Gasteiger partial charge is 0.477 e. The predicted molar refractivity (Wildman–Crippen MR) is 100 cm³/mol. The monoisotopic (exact) mass is 406 g/mol. The smallest absolute Gasteiger partial charge is 0.416 e. The number of hydrogen-bond donors (Lipinski definition) is 3. The molecule has 10 heteroatoms. The first kappa shape index (κ1) is 20.3. The molecular formula is C19H17F3N4O3. The molecule has 0 aliphatic rings. The topological polar surface area (TPSA) is 108 Å². The summed E-state index contributed by atoms with van der Waals surface area (Å²) in [5.41, 5.74) is -1.09. The highest BCUT2D eigenvalue weighted by Crippen LogP contribution is 2.37. The van der Waals surface area contributed by atoms with Crippen molar-refractivity contribution in [3.05, 3.63) is 63.0 Å². The van der Waals surface area contributed by atoms with E-state index in [1.165, 1.54) is 32.0 Å². The highest BCUT2D eigenvalue weighted by Gasteiger charge is 2.35. The lowest BCUT2D eigenvalue weighted by Gasteiger charge is -2.22. The first-order valence-electron chi connectivity index (χ1n) is 8.56. The number of rotatable bonds is 4. The standard InChI is InChI=1S/C19H17F3N4O3/c1-8(23-14-4-5-15(18(28)29)24-9(14)2)11-6-12-16(7-13(11)19(20,21)22)25-10(3)26-17(12)27/h4-8,23H,1-3H3,(H,28,29)(H,25,26,27)/t8-/m0/s1. The highest BCUT2D eigenvalue weighted by atomic mass is 19.4. The molecule has 0 aliphatic heterocycles. The van der Waals surface area contributed by atoms with Crippen molar-refractivity contribution in [2.75, 3.05) is 5.32 Å². The fourth-order valence-corrected chi connectivity index (χ4v) is 3.07.